The van der Waals surface area contributed by atoms with Gasteiger partial charge in [0.05, 0.1) is 8.95 Å². The SMILES string of the molecule is FC(F)(F)c1nc(Cl)ncc1Br.O=c1ncc(Br)c(C(F)(F)F)[nH]1.O=c1nccc(C(F)(F)F)[nH]1. The Kier molecular flexibility index (Phi) is 10.4. The Morgan fingerprint density at radius 2 is 1.29 bits per heavy atom. The molecule has 20 heteroatoms. The van der Waals surface area contributed by atoms with E-state index in [4.69, 9.17) is 11.6 Å². The standard InChI is InChI=1S/C5HBrClF3N2.C5H2BrF3N2O.C5H3F3N2O/c6-2-1-11-4(7)12-3(2)5(8,9)10;6-2-1-10-4(12)11-3(2)5(7,8)9;6-5(7,8)3-1-2-9-4(11)10-3/h1H;1H,(H,10,11,12);1-2H,(H,9,10,11). The van der Waals surface area contributed by atoms with Crippen LogP contribution in [-0.4, -0.2) is 29.9 Å². The fourth-order valence-corrected chi connectivity index (χ4v) is 2.64. The molecule has 0 atom stereocenters. The minimum atomic E-state index is -4.57. The molecule has 8 nitrogen and oxygen atoms in total. The van der Waals surface area contributed by atoms with Crippen molar-refractivity contribution in [3.05, 3.63) is 76.9 Å². The molecule has 3 aromatic heterocycles. The van der Waals surface area contributed by atoms with E-state index in [-0.39, 0.29) is 8.95 Å². The Balaban J connectivity index is 0.000000263. The molecule has 0 aliphatic heterocycles. The van der Waals surface area contributed by atoms with Gasteiger partial charge < -0.3 is 9.97 Å². The van der Waals surface area contributed by atoms with Crippen LogP contribution in [0.5, 0.6) is 0 Å². The molecule has 0 saturated carbocycles. The fourth-order valence-electron chi connectivity index (χ4n) is 1.66. The maximum absolute atomic E-state index is 12.0. The molecular weight excluding hydrogens is 662 g/mol. The molecule has 35 heavy (non-hydrogen) atoms. The summed E-state index contributed by atoms with van der Waals surface area (Å²) in [5.74, 6) is 0. The molecule has 0 fully saturated rings. The van der Waals surface area contributed by atoms with E-state index >= 15 is 0 Å². The van der Waals surface area contributed by atoms with E-state index in [0.29, 0.717) is 6.07 Å². The van der Waals surface area contributed by atoms with Crippen LogP contribution in [0.1, 0.15) is 17.1 Å². The summed E-state index contributed by atoms with van der Waals surface area (Å²) in [6.45, 7) is 0. The van der Waals surface area contributed by atoms with Crippen LogP contribution >= 0.6 is 43.5 Å². The number of alkyl halides is 9. The lowest BCUT2D eigenvalue weighted by Gasteiger charge is -2.06. The predicted molar refractivity (Wildman–Crippen MR) is 107 cm³/mol. The second-order valence-electron chi connectivity index (χ2n) is 5.53. The number of nitrogens with zero attached hydrogens (tertiary/aromatic N) is 4. The van der Waals surface area contributed by atoms with Crippen LogP contribution in [0.4, 0.5) is 39.5 Å². The van der Waals surface area contributed by atoms with Crippen LogP contribution in [-0.2, 0) is 18.5 Å². The van der Waals surface area contributed by atoms with Gasteiger partial charge in [0.1, 0.15) is 11.4 Å². The lowest BCUT2D eigenvalue weighted by molar-refractivity contribution is -0.142. The van der Waals surface area contributed by atoms with Gasteiger partial charge in [-0.3, -0.25) is 0 Å². The van der Waals surface area contributed by atoms with Gasteiger partial charge in [0.2, 0.25) is 5.28 Å². The van der Waals surface area contributed by atoms with Gasteiger partial charge in [-0.1, -0.05) is 0 Å². The number of hydrogen-bond acceptors (Lipinski definition) is 6. The van der Waals surface area contributed by atoms with Gasteiger partial charge in [-0.25, -0.2) is 29.5 Å². The first-order valence-corrected chi connectivity index (χ1v) is 9.98. The van der Waals surface area contributed by atoms with Gasteiger partial charge in [-0.05, 0) is 49.5 Å². The second-order valence-corrected chi connectivity index (χ2v) is 7.58. The molecule has 0 spiro atoms. The van der Waals surface area contributed by atoms with Crippen LogP contribution in [0.3, 0.4) is 0 Å². The average molecular weight is 668 g/mol. The topological polar surface area (TPSA) is 117 Å². The van der Waals surface area contributed by atoms with Gasteiger partial charge in [0.15, 0.2) is 5.69 Å². The number of halogens is 12. The van der Waals surface area contributed by atoms with E-state index < -0.39 is 52.3 Å². The van der Waals surface area contributed by atoms with Gasteiger partial charge in [-0.15, -0.1) is 0 Å². The van der Waals surface area contributed by atoms with Crippen molar-refractivity contribution < 1.29 is 39.5 Å². The Bertz CT molecular complexity index is 1260. The summed E-state index contributed by atoms with van der Waals surface area (Å²) < 4.78 is 107. The van der Waals surface area contributed by atoms with Crippen LogP contribution in [0.15, 0.2) is 43.2 Å². The summed E-state index contributed by atoms with van der Waals surface area (Å²) >= 11 is 10.5. The van der Waals surface area contributed by atoms with Crippen molar-refractivity contribution >= 4 is 43.5 Å². The van der Waals surface area contributed by atoms with Crippen molar-refractivity contribution in [2.45, 2.75) is 18.5 Å². The molecule has 0 aromatic carbocycles. The zero-order valence-electron chi connectivity index (χ0n) is 16.0. The molecule has 0 aliphatic rings. The molecular formula is C15H6Br2ClF9N6O2. The highest BCUT2D eigenvalue weighted by atomic mass is 79.9. The number of aromatic nitrogens is 6. The van der Waals surface area contributed by atoms with Gasteiger partial charge >= 0.3 is 29.9 Å². The minimum Gasteiger partial charge on any atom is -0.302 e. The third-order valence-corrected chi connectivity index (χ3v) is 4.38. The molecule has 0 amide bonds. The van der Waals surface area contributed by atoms with E-state index in [2.05, 4.69) is 51.8 Å². The van der Waals surface area contributed by atoms with Crippen LogP contribution in [0.2, 0.25) is 5.28 Å². The molecule has 192 valence electrons. The molecule has 0 aliphatic carbocycles. The Morgan fingerprint density at radius 1 is 0.743 bits per heavy atom. The molecule has 3 heterocycles. The number of aromatic amines is 2. The summed E-state index contributed by atoms with van der Waals surface area (Å²) in [5, 5.41) is -0.425. The first-order valence-electron chi connectivity index (χ1n) is 8.02. The van der Waals surface area contributed by atoms with E-state index in [1.54, 1.807) is 9.97 Å². The number of H-pyrrole nitrogens is 2. The highest BCUT2D eigenvalue weighted by Crippen LogP contribution is 2.33. The highest BCUT2D eigenvalue weighted by molar-refractivity contribution is 9.10. The molecule has 0 saturated heterocycles. The zero-order valence-corrected chi connectivity index (χ0v) is 19.9. The largest absolute Gasteiger partial charge is 0.434 e. The number of rotatable bonds is 0. The average Bonchev–Trinajstić information content (AvgIpc) is 2.70. The summed E-state index contributed by atoms with van der Waals surface area (Å²) in [6.07, 6.45) is -11.0. The van der Waals surface area contributed by atoms with Crippen LogP contribution in [0.25, 0.3) is 0 Å². The van der Waals surface area contributed by atoms with Gasteiger partial charge in [-0.2, -0.15) is 39.5 Å². The summed E-state index contributed by atoms with van der Waals surface area (Å²) in [7, 11) is 0. The molecule has 3 aromatic rings. The summed E-state index contributed by atoms with van der Waals surface area (Å²) in [6, 6.07) is 0.696. The normalized spacial score (nSPS) is 11.7. The van der Waals surface area contributed by atoms with Crippen molar-refractivity contribution in [1.82, 2.24) is 29.9 Å². The first-order chi connectivity index (χ1) is 15.8. The molecule has 2 N–H and O–H groups in total. The lowest BCUT2D eigenvalue weighted by atomic mass is 10.4. The van der Waals surface area contributed by atoms with Crippen molar-refractivity contribution in [2.24, 2.45) is 0 Å². The molecule has 3 rings (SSSR count). The van der Waals surface area contributed by atoms with Gasteiger partial charge in [0.25, 0.3) is 0 Å². The maximum Gasteiger partial charge on any atom is 0.434 e. The van der Waals surface area contributed by atoms with E-state index in [1.165, 1.54) is 0 Å². The van der Waals surface area contributed by atoms with Crippen molar-refractivity contribution in [3.8, 4) is 0 Å². The van der Waals surface area contributed by atoms with Crippen molar-refractivity contribution in [3.63, 3.8) is 0 Å². The van der Waals surface area contributed by atoms with Crippen LogP contribution in [0, 0.1) is 0 Å². The smallest absolute Gasteiger partial charge is 0.302 e. The molecule has 0 unspecified atom stereocenters. The maximum atomic E-state index is 12.0. The zero-order chi connectivity index (χ0) is 27.2. The predicted octanol–water partition coefficient (Wildman–Crippen LogP) is 5.25. The third kappa shape index (κ3) is 10.3. The van der Waals surface area contributed by atoms with Crippen molar-refractivity contribution in [2.75, 3.05) is 0 Å². The minimum absolute atomic E-state index is 0.223. The van der Waals surface area contributed by atoms with E-state index in [9.17, 15) is 49.1 Å². The highest BCUT2D eigenvalue weighted by Gasteiger charge is 2.36. The second kappa shape index (κ2) is 11.9. The quantitative estimate of drug-likeness (QED) is 0.250. The monoisotopic (exact) mass is 666 g/mol. The molecule has 0 radical (unpaired) electrons. The van der Waals surface area contributed by atoms with E-state index in [1.807, 2.05) is 0 Å². The third-order valence-electron chi connectivity index (χ3n) is 3.01. The Hall–Kier alpha value is -2.54. The van der Waals surface area contributed by atoms with E-state index in [0.717, 1.165) is 18.6 Å². The summed E-state index contributed by atoms with van der Waals surface area (Å²) in [5.41, 5.74) is -5.30. The number of hydrogen-bond donors (Lipinski definition) is 2. The fraction of sp³-hybridized carbons (Fsp3) is 0.200. The van der Waals surface area contributed by atoms with Crippen molar-refractivity contribution in [1.29, 1.82) is 0 Å². The van der Waals surface area contributed by atoms with Crippen LogP contribution < -0.4 is 11.4 Å². The van der Waals surface area contributed by atoms with Gasteiger partial charge in [0, 0.05) is 18.6 Å². The summed E-state index contributed by atoms with van der Waals surface area (Å²) in [4.78, 5) is 36.3. The number of nitrogens with one attached hydrogen (secondary N) is 2. The Labute approximate surface area is 208 Å². The molecule has 0 bridgehead atoms. The Morgan fingerprint density at radius 3 is 1.69 bits per heavy atom. The first kappa shape index (κ1) is 30.5. The lowest BCUT2D eigenvalue weighted by Crippen LogP contribution is -2.18.